The molecule has 0 saturated carbocycles. The number of benzene rings is 2. The number of methoxy groups -OCH3 is 1. The summed E-state index contributed by atoms with van der Waals surface area (Å²) in [6.45, 7) is 1.74. The minimum atomic E-state index is -1.82. The third-order valence-electron chi connectivity index (χ3n) is 4.09. The number of hydrogen-bond acceptors (Lipinski definition) is 5. The van der Waals surface area contributed by atoms with Crippen LogP contribution in [0.2, 0.25) is 5.02 Å². The Balaban J connectivity index is 0.000000501. The molecular formula is C21H21ClFN3O5. The number of imidazole rings is 1. The first kappa shape index (κ1) is 23.8. The van der Waals surface area contributed by atoms with Crippen LogP contribution in [0.15, 0.2) is 54.7 Å². The number of anilines is 1. The highest BCUT2D eigenvalue weighted by atomic mass is 35.5. The van der Waals surface area contributed by atoms with Crippen LogP contribution in [0.5, 0.6) is 0 Å². The summed E-state index contributed by atoms with van der Waals surface area (Å²) in [6, 6.07) is 14.1. The Morgan fingerprint density at radius 1 is 1.13 bits per heavy atom. The van der Waals surface area contributed by atoms with Gasteiger partial charge in [-0.25, -0.2) is 19.0 Å². The Hall–Kier alpha value is -3.43. The van der Waals surface area contributed by atoms with Crippen LogP contribution in [-0.2, 0) is 27.4 Å². The first-order valence-corrected chi connectivity index (χ1v) is 9.45. The molecule has 8 nitrogen and oxygen atoms in total. The molecule has 0 atom stereocenters. The third-order valence-corrected chi connectivity index (χ3v) is 4.46. The van der Waals surface area contributed by atoms with Gasteiger partial charge in [0.05, 0.1) is 18.5 Å². The highest BCUT2D eigenvalue weighted by Crippen LogP contribution is 2.24. The van der Waals surface area contributed by atoms with Crippen LogP contribution in [0.1, 0.15) is 5.56 Å². The predicted molar refractivity (Wildman–Crippen MR) is 114 cm³/mol. The minimum absolute atomic E-state index is 0.260. The number of rotatable bonds is 7. The molecule has 3 rings (SSSR count). The van der Waals surface area contributed by atoms with Crippen LogP contribution < -0.4 is 5.32 Å². The normalized spacial score (nSPS) is 10.2. The van der Waals surface area contributed by atoms with Crippen molar-refractivity contribution in [3.8, 4) is 11.3 Å². The number of nitrogens with zero attached hydrogens (tertiary/aromatic N) is 2. The molecule has 0 aliphatic rings. The van der Waals surface area contributed by atoms with Gasteiger partial charge in [0, 0.05) is 30.8 Å². The van der Waals surface area contributed by atoms with Crippen molar-refractivity contribution in [3.05, 3.63) is 71.1 Å². The van der Waals surface area contributed by atoms with Crippen molar-refractivity contribution in [2.24, 2.45) is 0 Å². The number of ether oxygens (including phenoxy) is 1. The largest absolute Gasteiger partial charge is 0.473 e. The molecule has 0 unspecified atom stereocenters. The number of halogens is 2. The van der Waals surface area contributed by atoms with Crippen LogP contribution in [0, 0.1) is 5.82 Å². The highest BCUT2D eigenvalue weighted by molar-refractivity contribution is 6.31. The van der Waals surface area contributed by atoms with Gasteiger partial charge >= 0.3 is 11.9 Å². The summed E-state index contributed by atoms with van der Waals surface area (Å²) in [6.07, 6.45) is 1.78. The van der Waals surface area contributed by atoms with Gasteiger partial charge in [-0.15, -0.1) is 0 Å². The van der Waals surface area contributed by atoms with E-state index in [1.54, 1.807) is 25.4 Å². The molecule has 0 fully saturated rings. The van der Waals surface area contributed by atoms with E-state index in [1.165, 1.54) is 12.1 Å². The SMILES string of the molecule is COCCn1c(-c2ccc(F)cc2)cnc1NCc1ccccc1Cl.O=C(O)C(=O)O. The molecule has 0 aliphatic heterocycles. The summed E-state index contributed by atoms with van der Waals surface area (Å²) in [5.41, 5.74) is 2.79. The van der Waals surface area contributed by atoms with E-state index in [0.717, 1.165) is 22.8 Å². The van der Waals surface area contributed by atoms with Crippen molar-refractivity contribution in [3.63, 3.8) is 0 Å². The van der Waals surface area contributed by atoms with E-state index < -0.39 is 11.9 Å². The molecule has 164 valence electrons. The van der Waals surface area contributed by atoms with Crippen molar-refractivity contribution in [1.82, 2.24) is 9.55 Å². The first-order valence-electron chi connectivity index (χ1n) is 9.07. The van der Waals surface area contributed by atoms with E-state index in [0.29, 0.717) is 24.7 Å². The molecule has 1 aromatic heterocycles. The summed E-state index contributed by atoms with van der Waals surface area (Å²) in [5, 5.41) is 18.8. The molecule has 0 aliphatic carbocycles. The van der Waals surface area contributed by atoms with Gasteiger partial charge in [-0.2, -0.15) is 0 Å². The highest BCUT2D eigenvalue weighted by Gasteiger charge is 2.12. The average Bonchev–Trinajstić information content (AvgIpc) is 3.15. The fourth-order valence-electron chi connectivity index (χ4n) is 2.59. The summed E-state index contributed by atoms with van der Waals surface area (Å²) >= 11 is 6.21. The van der Waals surface area contributed by atoms with Gasteiger partial charge in [-0.3, -0.25) is 0 Å². The number of carbonyl (C=O) groups is 2. The molecule has 0 bridgehead atoms. The smallest absolute Gasteiger partial charge is 0.414 e. The Bertz CT molecular complexity index is 1010. The number of aliphatic carboxylic acids is 2. The van der Waals surface area contributed by atoms with E-state index in [-0.39, 0.29) is 5.82 Å². The van der Waals surface area contributed by atoms with E-state index in [4.69, 9.17) is 36.1 Å². The second-order valence-electron chi connectivity index (χ2n) is 6.17. The molecule has 0 amide bonds. The molecule has 3 aromatic rings. The zero-order valence-electron chi connectivity index (χ0n) is 16.6. The fraction of sp³-hybridized carbons (Fsp3) is 0.190. The van der Waals surface area contributed by atoms with Gasteiger partial charge in [0.25, 0.3) is 0 Å². The quantitative estimate of drug-likeness (QED) is 0.470. The molecule has 10 heteroatoms. The Morgan fingerprint density at radius 2 is 1.77 bits per heavy atom. The number of aromatic nitrogens is 2. The number of hydrogen-bond donors (Lipinski definition) is 3. The lowest BCUT2D eigenvalue weighted by molar-refractivity contribution is -0.159. The van der Waals surface area contributed by atoms with Crippen LogP contribution >= 0.6 is 11.6 Å². The second-order valence-corrected chi connectivity index (χ2v) is 6.58. The molecule has 1 heterocycles. The molecule has 2 aromatic carbocycles. The number of nitrogens with one attached hydrogen (secondary N) is 1. The van der Waals surface area contributed by atoms with E-state index in [1.807, 2.05) is 28.8 Å². The Labute approximate surface area is 182 Å². The molecule has 3 N–H and O–H groups in total. The van der Waals surface area contributed by atoms with Crippen molar-refractivity contribution in [2.75, 3.05) is 19.0 Å². The maximum absolute atomic E-state index is 13.2. The molecule has 0 saturated heterocycles. The van der Waals surface area contributed by atoms with Crippen LogP contribution in [0.3, 0.4) is 0 Å². The maximum atomic E-state index is 13.2. The van der Waals surface area contributed by atoms with Gasteiger partial charge in [-0.1, -0.05) is 29.8 Å². The third kappa shape index (κ3) is 7.09. The lowest BCUT2D eigenvalue weighted by Crippen LogP contribution is -2.11. The van der Waals surface area contributed by atoms with Crippen molar-refractivity contribution in [1.29, 1.82) is 0 Å². The van der Waals surface area contributed by atoms with Crippen molar-refractivity contribution in [2.45, 2.75) is 13.1 Å². The zero-order chi connectivity index (χ0) is 22.8. The monoisotopic (exact) mass is 449 g/mol. The summed E-state index contributed by atoms with van der Waals surface area (Å²) in [7, 11) is 1.66. The average molecular weight is 450 g/mol. The fourth-order valence-corrected chi connectivity index (χ4v) is 2.80. The lowest BCUT2D eigenvalue weighted by Gasteiger charge is -2.13. The van der Waals surface area contributed by atoms with Gasteiger partial charge in [0.1, 0.15) is 5.82 Å². The standard InChI is InChI=1S/C19H19ClFN3O.C2H2O4/c1-25-11-10-24-18(14-6-8-16(21)9-7-14)13-23-19(24)22-12-15-4-2-3-5-17(15)20;3-1(4)2(5)6/h2-9,13H,10-12H2,1H3,(H,22,23);(H,3,4)(H,5,6). The predicted octanol–water partition coefficient (Wildman–Crippen LogP) is 3.76. The zero-order valence-corrected chi connectivity index (χ0v) is 17.3. The van der Waals surface area contributed by atoms with E-state index >= 15 is 0 Å². The minimum Gasteiger partial charge on any atom is -0.473 e. The van der Waals surface area contributed by atoms with Gasteiger partial charge in [0.15, 0.2) is 0 Å². The summed E-state index contributed by atoms with van der Waals surface area (Å²) < 4.78 is 20.4. The summed E-state index contributed by atoms with van der Waals surface area (Å²) in [5.74, 6) is -3.19. The van der Waals surface area contributed by atoms with Gasteiger partial charge in [-0.05, 0) is 35.9 Å². The van der Waals surface area contributed by atoms with Crippen LogP contribution in [0.25, 0.3) is 11.3 Å². The van der Waals surface area contributed by atoms with E-state index in [2.05, 4.69) is 10.3 Å². The first-order chi connectivity index (χ1) is 14.8. The van der Waals surface area contributed by atoms with Crippen molar-refractivity contribution < 1.29 is 28.9 Å². The maximum Gasteiger partial charge on any atom is 0.414 e. The molecule has 0 radical (unpaired) electrons. The van der Waals surface area contributed by atoms with Gasteiger partial charge in [0.2, 0.25) is 5.95 Å². The number of carboxylic acid groups (broad SMARTS) is 2. The van der Waals surface area contributed by atoms with Crippen LogP contribution in [-0.4, -0.2) is 45.4 Å². The van der Waals surface area contributed by atoms with E-state index in [9.17, 15) is 4.39 Å². The number of carboxylic acids is 2. The Kier molecular flexibility index (Phi) is 8.98. The van der Waals surface area contributed by atoms with Crippen molar-refractivity contribution >= 4 is 29.5 Å². The summed E-state index contributed by atoms with van der Waals surface area (Å²) in [4.78, 5) is 22.7. The van der Waals surface area contributed by atoms with Crippen LogP contribution in [0.4, 0.5) is 10.3 Å². The molecule has 0 spiro atoms. The molecule has 31 heavy (non-hydrogen) atoms. The topological polar surface area (TPSA) is 114 Å². The molecular weight excluding hydrogens is 429 g/mol. The van der Waals surface area contributed by atoms with Gasteiger partial charge < -0.3 is 24.8 Å². The second kappa shape index (κ2) is 11.7. The lowest BCUT2D eigenvalue weighted by atomic mass is 10.1. The Morgan fingerprint density at radius 3 is 2.35 bits per heavy atom.